The van der Waals surface area contributed by atoms with Crippen molar-refractivity contribution in [2.24, 2.45) is 0 Å². The third-order valence-electron chi connectivity index (χ3n) is 4.99. The van der Waals surface area contributed by atoms with Gasteiger partial charge in [0.1, 0.15) is 5.00 Å². The van der Waals surface area contributed by atoms with Crippen molar-refractivity contribution >= 4 is 46.3 Å². The molecular formula is C21H21Cl2N3OS. The maximum Gasteiger partial charge on any atom is 0.319 e. The summed E-state index contributed by atoms with van der Waals surface area (Å²) in [6.07, 6.45) is 8.71. The van der Waals surface area contributed by atoms with E-state index in [1.165, 1.54) is 33.8 Å². The number of aromatic nitrogens is 1. The molecule has 3 aromatic rings. The number of hydrogen-bond acceptors (Lipinski definition) is 2. The molecule has 2 heterocycles. The first kappa shape index (κ1) is 19.4. The number of nitrogens with zero attached hydrogens (tertiary/aromatic N) is 1. The van der Waals surface area contributed by atoms with Gasteiger partial charge in [0.15, 0.2) is 0 Å². The average molecular weight is 434 g/mol. The number of rotatable bonds is 4. The highest BCUT2D eigenvalue weighted by Gasteiger charge is 2.26. The van der Waals surface area contributed by atoms with Gasteiger partial charge in [-0.1, -0.05) is 23.2 Å². The van der Waals surface area contributed by atoms with Crippen molar-refractivity contribution in [3.63, 3.8) is 0 Å². The smallest absolute Gasteiger partial charge is 0.319 e. The molecule has 0 radical (unpaired) electrons. The van der Waals surface area contributed by atoms with E-state index in [1.54, 1.807) is 18.2 Å². The molecule has 1 aromatic carbocycles. The van der Waals surface area contributed by atoms with Crippen molar-refractivity contribution in [2.45, 2.75) is 38.6 Å². The minimum Gasteiger partial charge on any atom is -0.331 e. The van der Waals surface area contributed by atoms with Crippen molar-refractivity contribution in [1.29, 1.82) is 0 Å². The first-order valence-electron chi connectivity index (χ1n) is 9.33. The van der Waals surface area contributed by atoms with Crippen LogP contribution in [-0.4, -0.2) is 10.6 Å². The summed E-state index contributed by atoms with van der Waals surface area (Å²) in [7, 11) is 0. The molecule has 1 unspecified atom stereocenters. The molecule has 1 atom stereocenters. The Kier molecular flexibility index (Phi) is 5.67. The molecule has 0 bridgehead atoms. The molecule has 0 aliphatic heterocycles. The normalized spacial score (nSPS) is 14.4. The van der Waals surface area contributed by atoms with Crippen molar-refractivity contribution in [2.75, 3.05) is 5.32 Å². The predicted molar refractivity (Wildman–Crippen MR) is 117 cm³/mol. The fourth-order valence-corrected chi connectivity index (χ4v) is 5.49. The van der Waals surface area contributed by atoms with E-state index < -0.39 is 0 Å². The van der Waals surface area contributed by atoms with Gasteiger partial charge in [0.05, 0.1) is 16.8 Å². The lowest BCUT2D eigenvalue weighted by molar-refractivity contribution is 0.249. The molecule has 2 amide bonds. The van der Waals surface area contributed by atoms with Gasteiger partial charge in [0.2, 0.25) is 0 Å². The Bertz CT molecular complexity index is 998. The topological polar surface area (TPSA) is 46.1 Å². The number of carbonyl (C=O) groups is 1. The second kappa shape index (κ2) is 8.19. The highest BCUT2D eigenvalue weighted by Crippen LogP contribution is 2.40. The number of anilines is 1. The van der Waals surface area contributed by atoms with Crippen LogP contribution in [0, 0.1) is 0 Å². The maximum atomic E-state index is 12.6. The van der Waals surface area contributed by atoms with Gasteiger partial charge < -0.3 is 15.2 Å². The van der Waals surface area contributed by atoms with Crippen LogP contribution in [0.4, 0.5) is 10.5 Å². The van der Waals surface area contributed by atoms with Gasteiger partial charge in [-0.05, 0) is 68.5 Å². The number of urea groups is 1. The summed E-state index contributed by atoms with van der Waals surface area (Å²) in [5.41, 5.74) is 3.11. The van der Waals surface area contributed by atoms with Gasteiger partial charge >= 0.3 is 6.03 Å². The van der Waals surface area contributed by atoms with Gasteiger partial charge in [-0.25, -0.2) is 4.79 Å². The third-order valence-corrected chi connectivity index (χ3v) is 6.87. The van der Waals surface area contributed by atoms with Crippen LogP contribution in [0.1, 0.15) is 41.8 Å². The largest absolute Gasteiger partial charge is 0.331 e. The van der Waals surface area contributed by atoms with Crippen molar-refractivity contribution < 1.29 is 4.79 Å². The SMILES string of the molecule is CC(NC(=O)Nc1cc(Cl)ccc1Cl)c1c(-n2cccc2)sc2c1CCCC2. The van der Waals surface area contributed by atoms with Gasteiger partial charge in [0, 0.05) is 27.9 Å². The fraction of sp³-hybridized carbons (Fsp3) is 0.286. The number of carbonyl (C=O) groups excluding carboxylic acids is 1. The quantitative estimate of drug-likeness (QED) is 0.477. The van der Waals surface area contributed by atoms with E-state index in [2.05, 4.69) is 27.6 Å². The van der Waals surface area contributed by atoms with Crippen LogP contribution in [0.5, 0.6) is 0 Å². The summed E-state index contributed by atoms with van der Waals surface area (Å²) in [6.45, 7) is 2.03. The summed E-state index contributed by atoms with van der Waals surface area (Å²) in [5.74, 6) is 0. The molecule has 1 aliphatic rings. The number of thiophene rings is 1. The molecule has 2 N–H and O–H groups in total. The Morgan fingerprint density at radius 3 is 2.71 bits per heavy atom. The summed E-state index contributed by atoms with van der Waals surface area (Å²) in [4.78, 5) is 14.1. The van der Waals surface area contributed by atoms with Crippen LogP contribution in [0.15, 0.2) is 42.7 Å². The van der Waals surface area contributed by atoms with Crippen LogP contribution >= 0.6 is 34.5 Å². The second-order valence-corrected chi connectivity index (χ2v) is 8.89. The second-order valence-electron chi connectivity index (χ2n) is 6.96. The molecule has 2 aromatic heterocycles. The Balaban J connectivity index is 1.59. The van der Waals surface area contributed by atoms with E-state index in [9.17, 15) is 4.79 Å². The van der Waals surface area contributed by atoms with Gasteiger partial charge in [-0.15, -0.1) is 11.3 Å². The molecule has 28 heavy (non-hydrogen) atoms. The molecule has 0 saturated carbocycles. The number of hydrogen-bond donors (Lipinski definition) is 2. The Hall–Kier alpha value is -1.95. The van der Waals surface area contributed by atoms with E-state index >= 15 is 0 Å². The fourth-order valence-electron chi connectivity index (χ4n) is 3.70. The monoisotopic (exact) mass is 433 g/mol. The van der Waals surface area contributed by atoms with E-state index in [-0.39, 0.29) is 12.1 Å². The summed E-state index contributed by atoms with van der Waals surface area (Å²) < 4.78 is 2.14. The van der Waals surface area contributed by atoms with Gasteiger partial charge in [-0.2, -0.15) is 0 Å². The highest BCUT2D eigenvalue weighted by molar-refractivity contribution is 7.15. The molecule has 1 aliphatic carbocycles. The van der Waals surface area contributed by atoms with Gasteiger partial charge in [0.25, 0.3) is 0 Å². The van der Waals surface area contributed by atoms with Crippen molar-refractivity contribution in [3.8, 4) is 5.00 Å². The van der Waals surface area contributed by atoms with E-state index in [0.717, 1.165) is 12.8 Å². The van der Waals surface area contributed by atoms with Crippen LogP contribution in [0.3, 0.4) is 0 Å². The van der Waals surface area contributed by atoms with Gasteiger partial charge in [-0.3, -0.25) is 0 Å². The number of nitrogens with one attached hydrogen (secondary N) is 2. The lowest BCUT2D eigenvalue weighted by Gasteiger charge is -2.20. The number of fused-ring (bicyclic) bond motifs is 1. The minimum absolute atomic E-state index is 0.131. The summed E-state index contributed by atoms with van der Waals surface area (Å²) in [5, 5.41) is 8.04. The first-order valence-corrected chi connectivity index (χ1v) is 10.9. The average Bonchev–Trinajstić information content (AvgIpc) is 3.31. The lowest BCUT2D eigenvalue weighted by atomic mass is 9.93. The van der Waals surface area contributed by atoms with E-state index in [4.69, 9.17) is 23.2 Å². The number of aryl methyl sites for hydroxylation is 1. The molecule has 0 saturated heterocycles. The molecule has 0 fully saturated rings. The zero-order valence-corrected chi connectivity index (χ0v) is 17.8. The van der Waals surface area contributed by atoms with Crippen molar-refractivity contribution in [3.05, 3.63) is 68.8 Å². The molecule has 7 heteroatoms. The Morgan fingerprint density at radius 1 is 1.18 bits per heavy atom. The molecular weight excluding hydrogens is 413 g/mol. The number of benzene rings is 1. The zero-order valence-electron chi connectivity index (χ0n) is 15.5. The van der Waals surface area contributed by atoms with Crippen LogP contribution in [-0.2, 0) is 12.8 Å². The molecule has 146 valence electrons. The summed E-state index contributed by atoms with van der Waals surface area (Å²) >= 11 is 14.0. The maximum absolute atomic E-state index is 12.6. The minimum atomic E-state index is -0.300. The van der Waals surface area contributed by atoms with Crippen LogP contribution in [0.2, 0.25) is 10.0 Å². The summed E-state index contributed by atoms with van der Waals surface area (Å²) in [6, 6.07) is 8.62. The van der Waals surface area contributed by atoms with E-state index in [0.29, 0.717) is 15.7 Å². The van der Waals surface area contributed by atoms with Crippen LogP contribution in [0.25, 0.3) is 5.00 Å². The van der Waals surface area contributed by atoms with E-state index in [1.807, 2.05) is 30.4 Å². The predicted octanol–water partition coefficient (Wildman–Crippen LogP) is 6.61. The molecule has 0 spiro atoms. The zero-order chi connectivity index (χ0) is 19.7. The highest BCUT2D eigenvalue weighted by atomic mass is 35.5. The lowest BCUT2D eigenvalue weighted by Crippen LogP contribution is -2.32. The molecule has 4 rings (SSSR count). The third kappa shape index (κ3) is 3.93. The molecule has 4 nitrogen and oxygen atoms in total. The number of amides is 2. The van der Waals surface area contributed by atoms with Crippen LogP contribution < -0.4 is 10.6 Å². The first-order chi connectivity index (χ1) is 13.5. The van der Waals surface area contributed by atoms with Crippen molar-refractivity contribution in [1.82, 2.24) is 9.88 Å². The standard InChI is InChI=1S/C21H21Cl2N3OS/c1-13(24-21(27)25-17-12-14(22)8-9-16(17)23)19-15-6-2-3-7-18(15)28-20(19)26-10-4-5-11-26/h4-5,8-13H,2-3,6-7H2,1H3,(H2,24,25,27). The Labute approximate surface area is 178 Å². The Morgan fingerprint density at radius 2 is 1.93 bits per heavy atom. The number of halogens is 2.